The van der Waals surface area contributed by atoms with E-state index in [1.807, 2.05) is 0 Å². The lowest BCUT2D eigenvalue weighted by Crippen LogP contribution is -2.65. The van der Waals surface area contributed by atoms with Gasteiger partial charge < -0.3 is 5.32 Å². The van der Waals surface area contributed by atoms with Crippen LogP contribution in [0.2, 0.25) is 0 Å². The highest BCUT2D eigenvalue weighted by molar-refractivity contribution is 9.09. The van der Waals surface area contributed by atoms with Crippen LogP contribution in [0.15, 0.2) is 0 Å². The zero-order valence-electron chi connectivity index (χ0n) is 8.71. The van der Waals surface area contributed by atoms with Crippen molar-refractivity contribution in [1.29, 1.82) is 0 Å². The fourth-order valence-electron chi connectivity index (χ4n) is 5.47. The number of alkyl halides is 1. The van der Waals surface area contributed by atoms with Gasteiger partial charge >= 0.3 is 0 Å². The average molecular weight is 270 g/mol. The van der Waals surface area contributed by atoms with Crippen molar-refractivity contribution in [2.24, 2.45) is 29.1 Å². The van der Waals surface area contributed by atoms with Crippen LogP contribution in [0.1, 0.15) is 25.7 Å². The van der Waals surface area contributed by atoms with E-state index in [-0.39, 0.29) is 5.91 Å². The normalized spacial score (nSPS) is 58.1. The lowest BCUT2D eigenvalue weighted by molar-refractivity contribution is -0.184. The van der Waals surface area contributed by atoms with Crippen molar-refractivity contribution >= 4 is 21.8 Å². The second-order valence-electron chi connectivity index (χ2n) is 6.01. The zero-order valence-corrected chi connectivity index (χ0v) is 10.3. The molecule has 2 bridgehead atoms. The van der Waals surface area contributed by atoms with E-state index in [1.165, 1.54) is 25.7 Å². The molecular formula is C12H16BrNO. The van der Waals surface area contributed by atoms with Gasteiger partial charge in [-0.1, -0.05) is 15.9 Å². The molecule has 0 saturated heterocycles. The molecule has 15 heavy (non-hydrogen) atoms. The van der Waals surface area contributed by atoms with E-state index in [9.17, 15) is 4.79 Å². The van der Waals surface area contributed by atoms with Gasteiger partial charge in [-0.3, -0.25) is 4.79 Å². The maximum Gasteiger partial charge on any atom is 0.230 e. The minimum atomic E-state index is 0.184. The van der Waals surface area contributed by atoms with Gasteiger partial charge in [0.1, 0.15) is 0 Å². The molecule has 3 heteroatoms. The first-order chi connectivity index (χ1) is 7.25. The van der Waals surface area contributed by atoms with E-state index in [0.717, 1.165) is 29.1 Å². The number of hydrogen-bond donors (Lipinski definition) is 1. The predicted molar refractivity (Wildman–Crippen MR) is 60.6 cm³/mol. The molecule has 0 radical (unpaired) electrons. The van der Waals surface area contributed by atoms with E-state index >= 15 is 0 Å². The molecule has 0 aromatic carbocycles. The number of nitrogens with one attached hydrogen (secondary N) is 1. The molecule has 4 saturated carbocycles. The molecular weight excluding hydrogens is 254 g/mol. The summed E-state index contributed by atoms with van der Waals surface area (Å²) >= 11 is 3.24. The summed E-state index contributed by atoms with van der Waals surface area (Å²) in [5, 5.41) is 3.70. The minimum Gasteiger partial charge on any atom is -0.352 e. The molecule has 0 aromatic heterocycles. The number of halogens is 1. The van der Waals surface area contributed by atoms with Crippen LogP contribution in [-0.4, -0.2) is 17.3 Å². The van der Waals surface area contributed by atoms with Crippen molar-refractivity contribution in [2.45, 2.75) is 31.7 Å². The largest absolute Gasteiger partial charge is 0.352 e. The summed E-state index contributed by atoms with van der Waals surface area (Å²) in [6, 6.07) is 0.530. The third-order valence-corrected chi connectivity index (χ3v) is 6.42. The summed E-state index contributed by atoms with van der Waals surface area (Å²) < 4.78 is 0. The highest BCUT2D eigenvalue weighted by Gasteiger charge is 2.76. The number of hydrogen-bond acceptors (Lipinski definition) is 1. The number of amides is 1. The smallest absolute Gasteiger partial charge is 0.230 e. The molecule has 4 rings (SSSR count). The summed E-state index contributed by atoms with van der Waals surface area (Å²) in [5.74, 6) is 3.94. The third-order valence-electron chi connectivity index (χ3n) is 5.91. The van der Waals surface area contributed by atoms with Crippen molar-refractivity contribution in [1.82, 2.24) is 5.32 Å². The lowest BCUT2D eigenvalue weighted by Gasteiger charge is -2.67. The summed E-state index contributed by atoms with van der Waals surface area (Å²) in [6.45, 7) is 0. The molecule has 1 amide bonds. The molecule has 6 atom stereocenters. The van der Waals surface area contributed by atoms with Crippen molar-refractivity contribution in [2.75, 3.05) is 5.33 Å². The van der Waals surface area contributed by atoms with Crippen LogP contribution in [0.25, 0.3) is 0 Å². The minimum absolute atomic E-state index is 0.184. The first-order valence-electron chi connectivity index (χ1n) is 6.11. The summed E-state index contributed by atoms with van der Waals surface area (Å²) in [6.07, 6.45) is 5.74. The van der Waals surface area contributed by atoms with Crippen LogP contribution in [-0.2, 0) is 4.79 Å². The van der Waals surface area contributed by atoms with Gasteiger partial charge in [0.15, 0.2) is 0 Å². The fraction of sp³-hybridized carbons (Fsp3) is 0.917. The molecule has 1 N–H and O–H groups in total. The molecule has 0 heterocycles. The highest BCUT2D eigenvalue weighted by atomic mass is 79.9. The van der Waals surface area contributed by atoms with Gasteiger partial charge in [0.25, 0.3) is 0 Å². The average Bonchev–Trinajstić information content (AvgIpc) is 2.69. The van der Waals surface area contributed by atoms with E-state index in [0.29, 0.717) is 11.4 Å². The van der Waals surface area contributed by atoms with Crippen LogP contribution >= 0.6 is 15.9 Å². The number of rotatable bonds is 2. The Hall–Kier alpha value is -0.0500. The topological polar surface area (TPSA) is 29.1 Å². The van der Waals surface area contributed by atoms with E-state index in [4.69, 9.17) is 0 Å². The lowest BCUT2D eigenvalue weighted by atomic mass is 9.38. The molecule has 6 unspecified atom stereocenters. The van der Waals surface area contributed by atoms with Crippen LogP contribution in [0, 0.1) is 29.1 Å². The maximum atomic E-state index is 11.5. The van der Waals surface area contributed by atoms with Gasteiger partial charge in [-0.05, 0) is 54.8 Å². The van der Waals surface area contributed by atoms with Gasteiger partial charge in [-0.25, -0.2) is 0 Å². The summed E-state index contributed by atoms with van der Waals surface area (Å²) in [5.41, 5.74) is 0.731. The second-order valence-corrected chi connectivity index (χ2v) is 6.57. The SMILES string of the molecule is O=C(CBr)NC1C2CC3CC4CC1C34C2. The van der Waals surface area contributed by atoms with Gasteiger partial charge in [0.05, 0.1) is 5.33 Å². The Morgan fingerprint density at radius 2 is 2.13 bits per heavy atom. The Morgan fingerprint density at radius 1 is 1.33 bits per heavy atom. The quantitative estimate of drug-likeness (QED) is 0.763. The second kappa shape index (κ2) is 2.61. The van der Waals surface area contributed by atoms with E-state index < -0.39 is 0 Å². The van der Waals surface area contributed by atoms with Crippen molar-refractivity contribution in [3.05, 3.63) is 0 Å². The van der Waals surface area contributed by atoms with Crippen LogP contribution in [0.3, 0.4) is 0 Å². The van der Waals surface area contributed by atoms with Crippen LogP contribution in [0.5, 0.6) is 0 Å². The number of fused-ring (bicyclic) bond motifs is 1. The highest BCUT2D eigenvalue weighted by Crippen LogP contribution is 2.81. The summed E-state index contributed by atoms with van der Waals surface area (Å²) in [7, 11) is 0. The van der Waals surface area contributed by atoms with Crippen molar-refractivity contribution < 1.29 is 4.79 Å². The molecule has 4 aliphatic rings. The Morgan fingerprint density at radius 3 is 2.80 bits per heavy atom. The number of carbonyl (C=O) groups is 1. The fourth-order valence-corrected chi connectivity index (χ4v) is 5.63. The third kappa shape index (κ3) is 0.831. The molecule has 4 fully saturated rings. The molecule has 82 valence electrons. The first-order valence-corrected chi connectivity index (χ1v) is 7.23. The molecule has 0 aromatic rings. The van der Waals surface area contributed by atoms with Gasteiger partial charge in [0.2, 0.25) is 5.91 Å². The molecule has 4 aliphatic carbocycles. The molecule has 2 nitrogen and oxygen atoms in total. The van der Waals surface area contributed by atoms with Crippen LogP contribution < -0.4 is 5.32 Å². The van der Waals surface area contributed by atoms with Crippen molar-refractivity contribution in [3.63, 3.8) is 0 Å². The van der Waals surface area contributed by atoms with Crippen LogP contribution in [0.4, 0.5) is 0 Å². The van der Waals surface area contributed by atoms with E-state index in [2.05, 4.69) is 21.2 Å². The maximum absolute atomic E-state index is 11.5. The van der Waals surface area contributed by atoms with Gasteiger partial charge in [-0.2, -0.15) is 0 Å². The summed E-state index contributed by atoms with van der Waals surface area (Å²) in [4.78, 5) is 11.5. The standard InChI is InChI=1S/C12H16BrNO/c13-5-10(15)14-11-6-1-7-2-8-3-9(11)12(7,8)4-6/h6-9,11H,1-5H2,(H,14,15). The Balaban J connectivity index is 1.57. The van der Waals surface area contributed by atoms with Gasteiger partial charge in [-0.15, -0.1) is 0 Å². The zero-order chi connectivity index (χ0) is 10.2. The number of carbonyl (C=O) groups excluding carboxylic acids is 1. The first kappa shape index (κ1) is 9.03. The monoisotopic (exact) mass is 269 g/mol. The Labute approximate surface area is 98.3 Å². The Kier molecular flexibility index (Phi) is 1.57. The van der Waals surface area contributed by atoms with E-state index in [1.54, 1.807) is 0 Å². The molecule has 0 aliphatic heterocycles. The Bertz CT molecular complexity index is 345. The van der Waals surface area contributed by atoms with Crippen molar-refractivity contribution in [3.8, 4) is 0 Å². The van der Waals surface area contributed by atoms with Gasteiger partial charge in [0, 0.05) is 6.04 Å². The molecule has 1 spiro atoms. The predicted octanol–water partition coefficient (Wildman–Crippen LogP) is 1.93.